The number of methoxy groups -OCH3 is 2. The molecule has 126 valence electrons. The van der Waals surface area contributed by atoms with Crippen molar-refractivity contribution in [2.75, 3.05) is 14.2 Å². The number of phenolic OH excluding ortho intramolecular Hbond substituents is 1. The number of hydrogen-bond donors (Lipinski definition) is 2. The molecular weight excluding hydrogens is 449 g/mol. The molecule has 0 spiro atoms. The topological polar surface area (TPSA) is 110 Å². The number of nitrogens with one attached hydrogen (secondary N) is 1. The molecule has 1 aliphatic rings. The molecule has 1 aliphatic heterocycles. The normalized spacial score (nSPS) is 17.5. The van der Waals surface area contributed by atoms with Crippen LogP contribution in [0.5, 0.6) is 11.5 Å². The van der Waals surface area contributed by atoms with Gasteiger partial charge in [-0.15, -0.1) is 5.10 Å². The Hall–Kier alpha value is -2.08. The molecular formula is C14H12IN3O5S. The van der Waals surface area contributed by atoms with Gasteiger partial charge in [-0.2, -0.15) is 5.10 Å². The number of amides is 1. The second-order valence-corrected chi connectivity index (χ2v) is 6.48. The highest BCUT2D eigenvalue weighted by atomic mass is 127. The van der Waals surface area contributed by atoms with Gasteiger partial charge < -0.3 is 14.6 Å². The molecule has 8 nitrogen and oxygen atoms in total. The third-order valence-corrected chi connectivity index (χ3v) is 4.45. The maximum Gasteiger partial charge on any atom is 0.331 e. The SMILES string of the molecule is COC(=O)/C=C1/S/C(=N\N=Cc2cc(I)c(O)c(OC)c2)NC1=O. The van der Waals surface area contributed by atoms with Gasteiger partial charge in [0.15, 0.2) is 16.7 Å². The lowest BCUT2D eigenvalue weighted by Gasteiger charge is -2.05. The zero-order valence-electron chi connectivity index (χ0n) is 12.6. The number of nitrogens with zero attached hydrogens (tertiary/aromatic N) is 2. The third-order valence-electron chi connectivity index (χ3n) is 2.73. The van der Waals surface area contributed by atoms with E-state index in [0.717, 1.165) is 17.8 Å². The van der Waals surface area contributed by atoms with Gasteiger partial charge in [-0.05, 0) is 52.0 Å². The van der Waals surface area contributed by atoms with E-state index in [9.17, 15) is 14.7 Å². The molecule has 2 N–H and O–H groups in total. The van der Waals surface area contributed by atoms with E-state index in [-0.39, 0.29) is 15.8 Å². The predicted molar refractivity (Wildman–Crippen MR) is 98.2 cm³/mol. The van der Waals surface area contributed by atoms with Gasteiger partial charge in [0.2, 0.25) is 0 Å². The number of carbonyl (C=O) groups is 2. The molecule has 0 atom stereocenters. The first-order valence-corrected chi connectivity index (χ1v) is 8.30. The van der Waals surface area contributed by atoms with E-state index >= 15 is 0 Å². The van der Waals surface area contributed by atoms with Gasteiger partial charge in [0.05, 0.1) is 28.9 Å². The van der Waals surface area contributed by atoms with Crippen molar-refractivity contribution in [3.8, 4) is 11.5 Å². The highest BCUT2D eigenvalue weighted by Gasteiger charge is 2.24. The molecule has 1 amide bonds. The van der Waals surface area contributed by atoms with Gasteiger partial charge in [-0.25, -0.2) is 4.79 Å². The number of esters is 1. The molecule has 0 unspecified atom stereocenters. The summed E-state index contributed by atoms with van der Waals surface area (Å²) in [5.74, 6) is -0.691. The molecule has 10 heteroatoms. The zero-order valence-corrected chi connectivity index (χ0v) is 15.5. The van der Waals surface area contributed by atoms with Crippen molar-refractivity contribution in [3.63, 3.8) is 0 Å². The van der Waals surface area contributed by atoms with Crippen LogP contribution in [0.4, 0.5) is 0 Å². The quantitative estimate of drug-likeness (QED) is 0.232. The van der Waals surface area contributed by atoms with Gasteiger partial charge in [0.25, 0.3) is 5.91 Å². The Morgan fingerprint density at radius 1 is 1.42 bits per heavy atom. The van der Waals surface area contributed by atoms with Gasteiger partial charge in [-0.3, -0.25) is 10.1 Å². The van der Waals surface area contributed by atoms with Crippen LogP contribution in [0.25, 0.3) is 0 Å². The predicted octanol–water partition coefficient (Wildman–Crippen LogP) is 1.62. The van der Waals surface area contributed by atoms with Crippen molar-refractivity contribution in [2.24, 2.45) is 10.2 Å². The fraction of sp³-hybridized carbons (Fsp3) is 0.143. The van der Waals surface area contributed by atoms with Gasteiger partial charge >= 0.3 is 5.97 Å². The Kier molecular flexibility index (Phi) is 6.20. The van der Waals surface area contributed by atoms with Crippen LogP contribution >= 0.6 is 34.4 Å². The first-order chi connectivity index (χ1) is 11.4. The Balaban J connectivity index is 2.13. The molecule has 1 aromatic rings. The van der Waals surface area contributed by atoms with Crippen LogP contribution in [-0.2, 0) is 14.3 Å². The highest BCUT2D eigenvalue weighted by Crippen LogP contribution is 2.31. The first kappa shape index (κ1) is 18.3. The average Bonchev–Trinajstić information content (AvgIpc) is 2.90. The molecule has 0 radical (unpaired) electrons. The number of benzene rings is 1. The van der Waals surface area contributed by atoms with Crippen LogP contribution < -0.4 is 10.1 Å². The Bertz CT molecular complexity index is 776. The van der Waals surface area contributed by atoms with Crippen molar-refractivity contribution in [1.82, 2.24) is 5.32 Å². The molecule has 0 saturated carbocycles. The van der Waals surface area contributed by atoms with Crippen molar-refractivity contribution < 1.29 is 24.2 Å². The third kappa shape index (κ3) is 4.47. The van der Waals surface area contributed by atoms with Crippen LogP contribution in [0.15, 0.2) is 33.3 Å². The summed E-state index contributed by atoms with van der Waals surface area (Å²) in [6.45, 7) is 0. The summed E-state index contributed by atoms with van der Waals surface area (Å²) >= 11 is 2.95. The van der Waals surface area contributed by atoms with Crippen LogP contribution in [0.1, 0.15) is 5.56 Å². The van der Waals surface area contributed by atoms with Gasteiger partial charge in [0.1, 0.15) is 0 Å². The standard InChI is InChI=1S/C14H12IN3O5S/c1-22-9-4-7(3-8(15)12(9)20)6-16-18-14-17-13(21)10(24-14)5-11(19)23-2/h3-6,20H,1-2H3,(H,17,18,21)/b10-5+,16-6?. The van der Waals surface area contributed by atoms with E-state index < -0.39 is 11.9 Å². The van der Waals surface area contributed by atoms with E-state index in [1.165, 1.54) is 20.4 Å². The maximum absolute atomic E-state index is 11.6. The largest absolute Gasteiger partial charge is 0.504 e. The van der Waals surface area contributed by atoms with Crippen LogP contribution in [0.3, 0.4) is 0 Å². The molecule has 1 heterocycles. The van der Waals surface area contributed by atoms with E-state index in [1.807, 2.05) is 22.6 Å². The minimum atomic E-state index is -0.622. The van der Waals surface area contributed by atoms with Crippen LogP contribution in [0, 0.1) is 3.57 Å². The molecule has 0 bridgehead atoms. The molecule has 1 aromatic carbocycles. The number of rotatable bonds is 4. The fourth-order valence-electron chi connectivity index (χ4n) is 1.61. The van der Waals surface area contributed by atoms with Crippen LogP contribution in [-0.4, -0.2) is 42.6 Å². The summed E-state index contributed by atoms with van der Waals surface area (Å²) < 4.78 is 10.1. The summed E-state index contributed by atoms with van der Waals surface area (Å²) in [6, 6.07) is 3.30. The van der Waals surface area contributed by atoms with Crippen molar-refractivity contribution in [2.45, 2.75) is 0 Å². The molecule has 1 fully saturated rings. The summed E-state index contributed by atoms with van der Waals surface area (Å²) in [6.07, 6.45) is 2.53. The van der Waals surface area contributed by atoms with Gasteiger partial charge in [0, 0.05) is 6.08 Å². The summed E-state index contributed by atoms with van der Waals surface area (Å²) in [5.41, 5.74) is 0.665. The van der Waals surface area contributed by atoms with Gasteiger partial charge in [-0.1, -0.05) is 0 Å². The number of phenols is 1. The van der Waals surface area contributed by atoms with Crippen molar-refractivity contribution in [3.05, 3.63) is 32.2 Å². The minimum absolute atomic E-state index is 0.0535. The van der Waals surface area contributed by atoms with E-state index in [4.69, 9.17) is 4.74 Å². The fourth-order valence-corrected chi connectivity index (χ4v) is 2.98. The molecule has 24 heavy (non-hydrogen) atoms. The number of amidine groups is 1. The van der Waals surface area contributed by atoms with E-state index in [1.54, 1.807) is 12.1 Å². The highest BCUT2D eigenvalue weighted by molar-refractivity contribution is 14.1. The Morgan fingerprint density at radius 2 is 2.17 bits per heavy atom. The lowest BCUT2D eigenvalue weighted by atomic mass is 10.2. The number of aromatic hydroxyl groups is 1. The monoisotopic (exact) mass is 461 g/mol. The number of ether oxygens (including phenoxy) is 2. The number of thioether (sulfide) groups is 1. The van der Waals surface area contributed by atoms with E-state index in [2.05, 4.69) is 20.3 Å². The molecule has 0 aliphatic carbocycles. The summed E-state index contributed by atoms with van der Waals surface area (Å²) in [4.78, 5) is 23.0. The summed E-state index contributed by atoms with van der Waals surface area (Å²) in [7, 11) is 2.68. The summed E-state index contributed by atoms with van der Waals surface area (Å²) in [5, 5.41) is 20.3. The van der Waals surface area contributed by atoms with Crippen molar-refractivity contribution in [1.29, 1.82) is 0 Å². The molecule has 1 saturated heterocycles. The maximum atomic E-state index is 11.6. The first-order valence-electron chi connectivity index (χ1n) is 6.41. The van der Waals surface area contributed by atoms with Crippen LogP contribution in [0.2, 0.25) is 0 Å². The average molecular weight is 461 g/mol. The number of hydrogen-bond acceptors (Lipinski definition) is 8. The lowest BCUT2D eigenvalue weighted by molar-refractivity contribution is -0.135. The van der Waals surface area contributed by atoms with E-state index in [0.29, 0.717) is 14.9 Å². The lowest BCUT2D eigenvalue weighted by Crippen LogP contribution is -2.19. The molecule has 2 rings (SSSR count). The Labute approximate surface area is 155 Å². The smallest absolute Gasteiger partial charge is 0.331 e. The Morgan fingerprint density at radius 3 is 2.83 bits per heavy atom. The number of carbonyl (C=O) groups excluding carboxylic acids is 2. The second kappa shape index (κ2) is 8.15. The van der Waals surface area contributed by atoms with Crippen molar-refractivity contribution >= 4 is 57.6 Å². The number of halogens is 1. The zero-order chi connectivity index (χ0) is 17.7. The molecule has 0 aromatic heterocycles. The minimum Gasteiger partial charge on any atom is -0.504 e. The second-order valence-electron chi connectivity index (χ2n) is 4.29.